The molecule has 0 spiro atoms. The molecule has 0 bridgehead atoms. The molecule has 0 saturated carbocycles. The number of rotatable bonds is 7. The van der Waals surface area contributed by atoms with Crippen LogP contribution in [0.1, 0.15) is 12.8 Å². The Morgan fingerprint density at radius 2 is 2.27 bits per heavy atom. The molecular formula is C18H23FN6O. The number of anilines is 3. The smallest absolute Gasteiger partial charge is 0.229 e. The SMILES string of the molecule is C=CCN1CCC[C@H](Nc2nc(Nc3ccc(OC)nc3)ncc2F)C1. The van der Waals surface area contributed by atoms with Crippen LogP contribution >= 0.6 is 0 Å². The summed E-state index contributed by atoms with van der Waals surface area (Å²) in [6.45, 7) is 6.48. The molecule has 0 amide bonds. The number of hydrogen-bond donors (Lipinski definition) is 2. The predicted molar refractivity (Wildman–Crippen MR) is 99.3 cm³/mol. The van der Waals surface area contributed by atoms with Gasteiger partial charge in [-0.25, -0.2) is 14.4 Å². The van der Waals surface area contributed by atoms with Gasteiger partial charge in [0.25, 0.3) is 0 Å². The Morgan fingerprint density at radius 3 is 3.00 bits per heavy atom. The summed E-state index contributed by atoms with van der Waals surface area (Å²) in [6.07, 6.45) is 6.69. The highest BCUT2D eigenvalue weighted by Gasteiger charge is 2.20. The third-order valence-electron chi connectivity index (χ3n) is 4.18. The Kier molecular flexibility index (Phi) is 5.96. The molecular weight excluding hydrogens is 335 g/mol. The minimum Gasteiger partial charge on any atom is -0.481 e. The summed E-state index contributed by atoms with van der Waals surface area (Å²) in [4.78, 5) is 14.7. The maximum absolute atomic E-state index is 14.1. The molecule has 1 fully saturated rings. The van der Waals surface area contributed by atoms with Crippen LogP contribution in [-0.4, -0.2) is 52.6 Å². The first-order valence-electron chi connectivity index (χ1n) is 8.57. The van der Waals surface area contributed by atoms with Gasteiger partial charge in [0.15, 0.2) is 11.6 Å². The van der Waals surface area contributed by atoms with E-state index >= 15 is 0 Å². The minimum atomic E-state index is -0.468. The molecule has 1 aliphatic heterocycles. The number of piperidine rings is 1. The van der Waals surface area contributed by atoms with Gasteiger partial charge in [0.2, 0.25) is 11.8 Å². The van der Waals surface area contributed by atoms with Crippen LogP contribution in [0.4, 0.5) is 21.8 Å². The quantitative estimate of drug-likeness (QED) is 0.737. The van der Waals surface area contributed by atoms with Gasteiger partial charge in [-0.3, -0.25) is 4.90 Å². The third kappa shape index (κ3) is 4.66. The van der Waals surface area contributed by atoms with E-state index in [1.165, 1.54) is 6.20 Å². The summed E-state index contributed by atoms with van der Waals surface area (Å²) in [6, 6.07) is 3.66. The second kappa shape index (κ2) is 8.57. The largest absolute Gasteiger partial charge is 0.481 e. The maximum Gasteiger partial charge on any atom is 0.229 e. The van der Waals surface area contributed by atoms with Crippen molar-refractivity contribution in [3.63, 3.8) is 0 Å². The molecule has 8 heteroatoms. The van der Waals surface area contributed by atoms with E-state index in [0.29, 0.717) is 17.5 Å². The van der Waals surface area contributed by atoms with Gasteiger partial charge < -0.3 is 15.4 Å². The molecule has 26 heavy (non-hydrogen) atoms. The van der Waals surface area contributed by atoms with Crippen molar-refractivity contribution in [2.45, 2.75) is 18.9 Å². The maximum atomic E-state index is 14.1. The van der Waals surface area contributed by atoms with Crippen LogP contribution in [0.25, 0.3) is 0 Å². The highest BCUT2D eigenvalue weighted by atomic mass is 19.1. The summed E-state index contributed by atoms with van der Waals surface area (Å²) in [5, 5.41) is 6.22. The zero-order chi connectivity index (χ0) is 18.4. The van der Waals surface area contributed by atoms with Gasteiger partial charge in [-0.2, -0.15) is 4.98 Å². The Hall–Kier alpha value is -2.74. The summed E-state index contributed by atoms with van der Waals surface area (Å²) in [5.74, 6) is 0.553. The van der Waals surface area contributed by atoms with Gasteiger partial charge in [-0.05, 0) is 25.5 Å². The predicted octanol–water partition coefficient (Wildman–Crippen LogP) is 2.83. The monoisotopic (exact) mass is 358 g/mol. The van der Waals surface area contributed by atoms with E-state index in [1.807, 2.05) is 6.08 Å². The van der Waals surface area contributed by atoms with Gasteiger partial charge in [0.05, 0.1) is 25.2 Å². The lowest BCUT2D eigenvalue weighted by Gasteiger charge is -2.32. The number of halogens is 1. The van der Waals surface area contributed by atoms with Crippen molar-refractivity contribution in [3.05, 3.63) is 43.0 Å². The van der Waals surface area contributed by atoms with E-state index in [9.17, 15) is 4.39 Å². The number of hydrogen-bond acceptors (Lipinski definition) is 7. The number of aromatic nitrogens is 3. The van der Waals surface area contributed by atoms with Crippen molar-refractivity contribution in [1.82, 2.24) is 19.9 Å². The van der Waals surface area contributed by atoms with E-state index in [1.54, 1.807) is 25.4 Å². The molecule has 0 aliphatic carbocycles. The number of nitrogens with one attached hydrogen (secondary N) is 2. The topological polar surface area (TPSA) is 75.2 Å². The molecule has 3 rings (SSSR count). The van der Waals surface area contributed by atoms with Crippen molar-refractivity contribution in [3.8, 4) is 5.88 Å². The molecule has 1 aliphatic rings. The van der Waals surface area contributed by atoms with Crippen molar-refractivity contribution in [2.24, 2.45) is 0 Å². The van der Waals surface area contributed by atoms with Crippen LogP contribution in [0.5, 0.6) is 5.88 Å². The lowest BCUT2D eigenvalue weighted by Crippen LogP contribution is -2.42. The molecule has 2 N–H and O–H groups in total. The molecule has 7 nitrogen and oxygen atoms in total. The van der Waals surface area contributed by atoms with Crippen molar-refractivity contribution in [2.75, 3.05) is 37.4 Å². The van der Waals surface area contributed by atoms with E-state index in [4.69, 9.17) is 4.74 Å². The Morgan fingerprint density at radius 1 is 1.38 bits per heavy atom. The highest BCUT2D eigenvalue weighted by molar-refractivity contribution is 5.54. The fourth-order valence-corrected chi connectivity index (χ4v) is 2.95. The zero-order valence-corrected chi connectivity index (χ0v) is 14.8. The minimum absolute atomic E-state index is 0.142. The first-order valence-corrected chi connectivity index (χ1v) is 8.57. The fourth-order valence-electron chi connectivity index (χ4n) is 2.95. The molecule has 3 heterocycles. The van der Waals surface area contributed by atoms with Crippen LogP contribution < -0.4 is 15.4 Å². The molecule has 0 radical (unpaired) electrons. The van der Waals surface area contributed by atoms with E-state index in [0.717, 1.165) is 32.5 Å². The van der Waals surface area contributed by atoms with Gasteiger partial charge in [-0.1, -0.05) is 6.08 Å². The molecule has 2 aromatic rings. The van der Waals surface area contributed by atoms with Crippen LogP contribution in [0.3, 0.4) is 0 Å². The van der Waals surface area contributed by atoms with Crippen LogP contribution in [-0.2, 0) is 0 Å². The number of methoxy groups -OCH3 is 1. The molecule has 1 saturated heterocycles. The first-order chi connectivity index (χ1) is 12.7. The van der Waals surface area contributed by atoms with E-state index < -0.39 is 5.82 Å². The van der Waals surface area contributed by atoms with E-state index in [2.05, 4.69) is 37.1 Å². The summed E-state index contributed by atoms with van der Waals surface area (Å²) in [5.41, 5.74) is 0.693. The van der Waals surface area contributed by atoms with Gasteiger partial charge in [0, 0.05) is 25.2 Å². The molecule has 0 unspecified atom stereocenters. The Balaban J connectivity index is 1.67. The summed E-state index contributed by atoms with van der Waals surface area (Å²) >= 11 is 0. The van der Waals surface area contributed by atoms with Gasteiger partial charge in [-0.15, -0.1) is 6.58 Å². The average Bonchev–Trinajstić information content (AvgIpc) is 2.66. The standard InChI is InChI=1S/C18H23FN6O/c1-3-8-25-9-4-5-14(12-25)22-17-15(19)11-21-18(24-17)23-13-6-7-16(26-2)20-10-13/h3,6-7,10-11,14H,1,4-5,8-9,12H2,2H3,(H2,21,22,23,24)/t14-/m0/s1. The third-order valence-corrected chi connectivity index (χ3v) is 4.18. The molecule has 0 aromatic carbocycles. The molecule has 138 valence electrons. The normalized spacial score (nSPS) is 17.5. The Bertz CT molecular complexity index is 739. The van der Waals surface area contributed by atoms with Crippen molar-refractivity contribution in [1.29, 1.82) is 0 Å². The summed E-state index contributed by atoms with van der Waals surface area (Å²) in [7, 11) is 1.55. The van der Waals surface area contributed by atoms with Crippen LogP contribution in [0, 0.1) is 5.82 Å². The van der Waals surface area contributed by atoms with Gasteiger partial charge >= 0.3 is 0 Å². The lowest BCUT2D eigenvalue weighted by atomic mass is 10.1. The number of ether oxygens (including phenoxy) is 1. The molecule has 2 aromatic heterocycles. The lowest BCUT2D eigenvalue weighted by molar-refractivity contribution is 0.237. The second-order valence-electron chi connectivity index (χ2n) is 6.14. The fraction of sp³-hybridized carbons (Fsp3) is 0.389. The molecule has 1 atom stereocenters. The first kappa shape index (κ1) is 18.1. The second-order valence-corrected chi connectivity index (χ2v) is 6.14. The number of nitrogens with zero attached hydrogens (tertiary/aromatic N) is 4. The average molecular weight is 358 g/mol. The van der Waals surface area contributed by atoms with Crippen molar-refractivity contribution < 1.29 is 9.13 Å². The zero-order valence-electron chi connectivity index (χ0n) is 14.8. The van der Waals surface area contributed by atoms with E-state index in [-0.39, 0.29) is 11.9 Å². The van der Waals surface area contributed by atoms with Gasteiger partial charge in [0.1, 0.15) is 0 Å². The van der Waals surface area contributed by atoms with Crippen molar-refractivity contribution >= 4 is 17.5 Å². The summed E-state index contributed by atoms with van der Waals surface area (Å²) < 4.78 is 19.2. The van der Waals surface area contributed by atoms with Crippen LogP contribution in [0.15, 0.2) is 37.2 Å². The van der Waals surface area contributed by atoms with Crippen LogP contribution in [0.2, 0.25) is 0 Å². The Labute approximate surface area is 152 Å². The number of pyridine rings is 1. The number of likely N-dealkylation sites (tertiary alicyclic amines) is 1. The highest BCUT2D eigenvalue weighted by Crippen LogP contribution is 2.20.